The summed E-state index contributed by atoms with van der Waals surface area (Å²) < 4.78 is 0. The molecule has 96 valence electrons. The van der Waals surface area contributed by atoms with Crippen LogP contribution in [0.3, 0.4) is 0 Å². The maximum absolute atomic E-state index is 12.5. The Hall–Kier alpha value is -2.26. The van der Waals surface area contributed by atoms with Crippen molar-refractivity contribution in [2.24, 2.45) is 0 Å². The molecule has 4 rings (SSSR count). The van der Waals surface area contributed by atoms with E-state index in [1.54, 1.807) is 12.4 Å². The Bertz CT molecular complexity index is 902. The molecule has 2 heterocycles. The van der Waals surface area contributed by atoms with Crippen LogP contribution in [0.15, 0.2) is 36.7 Å². The second-order valence-electron chi connectivity index (χ2n) is 4.92. The van der Waals surface area contributed by atoms with Gasteiger partial charge in [0.05, 0.1) is 11.1 Å². The molecule has 1 aliphatic carbocycles. The lowest BCUT2D eigenvalue weighted by Crippen LogP contribution is -1.98. The number of nitrogens with zero attached hydrogens (tertiary/aromatic N) is 2. The van der Waals surface area contributed by atoms with Gasteiger partial charge in [-0.3, -0.25) is 9.78 Å². The van der Waals surface area contributed by atoms with Gasteiger partial charge < -0.3 is 0 Å². The SMILES string of the molecule is Cc1ccc2c3c(c(Cl)nc2c1)C(=O)c1cnccc1-3. The molecule has 0 saturated heterocycles. The van der Waals surface area contributed by atoms with Crippen molar-refractivity contribution >= 4 is 28.3 Å². The fourth-order valence-corrected chi connectivity index (χ4v) is 3.03. The molecule has 0 N–H and O–H groups in total. The maximum atomic E-state index is 12.5. The lowest BCUT2D eigenvalue weighted by Gasteiger charge is -2.07. The van der Waals surface area contributed by atoms with E-state index in [1.165, 1.54) is 0 Å². The molecular formula is C16H9ClN2O. The summed E-state index contributed by atoms with van der Waals surface area (Å²) in [5.74, 6) is -0.0944. The molecule has 0 unspecified atom stereocenters. The highest BCUT2D eigenvalue weighted by Gasteiger charge is 2.31. The van der Waals surface area contributed by atoms with Gasteiger partial charge in [-0.05, 0) is 30.2 Å². The van der Waals surface area contributed by atoms with E-state index in [0.29, 0.717) is 11.1 Å². The first-order chi connectivity index (χ1) is 9.66. The summed E-state index contributed by atoms with van der Waals surface area (Å²) in [5, 5.41) is 1.22. The Morgan fingerprint density at radius 2 is 1.95 bits per heavy atom. The summed E-state index contributed by atoms with van der Waals surface area (Å²) in [6, 6.07) is 7.84. The smallest absolute Gasteiger partial charge is 0.198 e. The van der Waals surface area contributed by atoms with Crippen LogP contribution in [0, 0.1) is 6.92 Å². The molecule has 3 nitrogen and oxygen atoms in total. The summed E-state index contributed by atoms with van der Waals surface area (Å²) in [5.41, 5.74) is 4.78. The van der Waals surface area contributed by atoms with Gasteiger partial charge in [-0.1, -0.05) is 23.7 Å². The van der Waals surface area contributed by atoms with Crippen molar-refractivity contribution in [3.8, 4) is 11.1 Å². The number of hydrogen-bond acceptors (Lipinski definition) is 3. The van der Waals surface area contributed by atoms with Gasteiger partial charge in [-0.2, -0.15) is 0 Å². The third-order valence-corrected chi connectivity index (χ3v) is 3.93. The highest BCUT2D eigenvalue weighted by Crippen LogP contribution is 2.43. The van der Waals surface area contributed by atoms with E-state index in [0.717, 1.165) is 27.6 Å². The molecule has 0 atom stereocenters. The number of aryl methyl sites for hydroxylation is 1. The molecule has 1 aliphatic rings. The summed E-state index contributed by atoms with van der Waals surface area (Å²) in [7, 11) is 0. The average Bonchev–Trinajstić information content (AvgIpc) is 2.74. The van der Waals surface area contributed by atoms with Gasteiger partial charge in [0, 0.05) is 28.9 Å². The van der Waals surface area contributed by atoms with Gasteiger partial charge in [-0.15, -0.1) is 0 Å². The van der Waals surface area contributed by atoms with E-state index in [-0.39, 0.29) is 10.9 Å². The van der Waals surface area contributed by atoms with Crippen LogP contribution in [0.4, 0.5) is 0 Å². The van der Waals surface area contributed by atoms with Crippen molar-refractivity contribution in [3.63, 3.8) is 0 Å². The van der Waals surface area contributed by atoms with Crippen molar-refractivity contribution in [2.45, 2.75) is 6.92 Å². The predicted octanol–water partition coefficient (Wildman–Crippen LogP) is 3.80. The summed E-state index contributed by atoms with van der Waals surface area (Å²) in [4.78, 5) is 20.9. The zero-order chi connectivity index (χ0) is 13.9. The first-order valence-corrected chi connectivity index (χ1v) is 6.63. The highest BCUT2D eigenvalue weighted by molar-refractivity contribution is 6.38. The number of carbonyl (C=O) groups is 1. The number of pyridine rings is 2. The lowest BCUT2D eigenvalue weighted by molar-refractivity contribution is 0.104. The second-order valence-corrected chi connectivity index (χ2v) is 5.28. The van der Waals surface area contributed by atoms with Crippen molar-refractivity contribution in [1.82, 2.24) is 9.97 Å². The number of carbonyl (C=O) groups excluding carboxylic acids is 1. The molecule has 3 aromatic rings. The van der Waals surface area contributed by atoms with E-state index in [4.69, 9.17) is 11.6 Å². The third kappa shape index (κ3) is 1.38. The molecule has 0 bridgehead atoms. The summed E-state index contributed by atoms with van der Waals surface area (Å²) >= 11 is 6.23. The fraction of sp³-hybridized carbons (Fsp3) is 0.0625. The van der Waals surface area contributed by atoms with Crippen LogP contribution in [0.25, 0.3) is 22.0 Å². The normalized spacial score (nSPS) is 12.6. The van der Waals surface area contributed by atoms with Crippen LogP contribution in [0.1, 0.15) is 21.5 Å². The summed E-state index contributed by atoms with van der Waals surface area (Å²) in [6.07, 6.45) is 3.28. The van der Waals surface area contributed by atoms with E-state index in [9.17, 15) is 4.79 Å². The average molecular weight is 281 g/mol. The molecule has 1 aromatic carbocycles. The standard InChI is InChI=1S/C16H9ClN2O/c1-8-2-3-10-12(6-8)19-16(17)14-13(10)9-4-5-18-7-11(9)15(14)20/h2-7H,1H3. The van der Waals surface area contributed by atoms with Crippen LogP contribution in [-0.4, -0.2) is 15.8 Å². The van der Waals surface area contributed by atoms with Crippen LogP contribution in [-0.2, 0) is 0 Å². The van der Waals surface area contributed by atoms with Crippen molar-refractivity contribution in [3.05, 3.63) is 58.5 Å². The fourth-order valence-electron chi connectivity index (χ4n) is 2.76. The summed E-state index contributed by atoms with van der Waals surface area (Å²) in [6.45, 7) is 2.01. The van der Waals surface area contributed by atoms with Gasteiger partial charge in [0.25, 0.3) is 0 Å². The Labute approximate surface area is 120 Å². The first kappa shape index (κ1) is 11.6. The number of benzene rings is 1. The molecule has 0 fully saturated rings. The van der Waals surface area contributed by atoms with Crippen molar-refractivity contribution < 1.29 is 4.79 Å². The van der Waals surface area contributed by atoms with Gasteiger partial charge in [0.15, 0.2) is 5.78 Å². The minimum Gasteiger partial charge on any atom is -0.288 e. The Balaban J connectivity index is 2.23. The highest BCUT2D eigenvalue weighted by atomic mass is 35.5. The van der Waals surface area contributed by atoms with Crippen LogP contribution < -0.4 is 0 Å². The number of fused-ring (bicyclic) bond motifs is 5. The zero-order valence-electron chi connectivity index (χ0n) is 10.6. The van der Waals surface area contributed by atoms with E-state index < -0.39 is 0 Å². The molecule has 0 aliphatic heterocycles. The molecule has 0 saturated carbocycles. The van der Waals surface area contributed by atoms with Gasteiger partial charge in [-0.25, -0.2) is 4.98 Å². The number of aromatic nitrogens is 2. The molecule has 0 spiro atoms. The Morgan fingerprint density at radius 3 is 2.80 bits per heavy atom. The molecule has 0 amide bonds. The van der Waals surface area contributed by atoms with Crippen LogP contribution >= 0.6 is 11.6 Å². The number of hydrogen-bond donors (Lipinski definition) is 0. The van der Waals surface area contributed by atoms with E-state index in [2.05, 4.69) is 9.97 Å². The minimum atomic E-state index is -0.0944. The molecular weight excluding hydrogens is 272 g/mol. The van der Waals surface area contributed by atoms with Gasteiger partial charge in [0.1, 0.15) is 5.15 Å². The second kappa shape index (κ2) is 3.87. The van der Waals surface area contributed by atoms with Gasteiger partial charge in [0.2, 0.25) is 0 Å². The quantitative estimate of drug-likeness (QED) is 0.460. The molecule has 20 heavy (non-hydrogen) atoms. The predicted molar refractivity (Wildman–Crippen MR) is 78.2 cm³/mol. The van der Waals surface area contributed by atoms with Crippen molar-refractivity contribution in [2.75, 3.05) is 0 Å². The van der Waals surface area contributed by atoms with Gasteiger partial charge >= 0.3 is 0 Å². The van der Waals surface area contributed by atoms with Crippen LogP contribution in [0.5, 0.6) is 0 Å². The number of rotatable bonds is 0. The maximum Gasteiger partial charge on any atom is 0.198 e. The molecule has 0 radical (unpaired) electrons. The Morgan fingerprint density at radius 1 is 1.10 bits per heavy atom. The zero-order valence-corrected chi connectivity index (χ0v) is 11.4. The number of halogens is 1. The molecule has 2 aromatic heterocycles. The van der Waals surface area contributed by atoms with Crippen LogP contribution in [0.2, 0.25) is 5.15 Å². The van der Waals surface area contributed by atoms with E-state index in [1.807, 2.05) is 31.2 Å². The topological polar surface area (TPSA) is 42.9 Å². The number of ketones is 1. The molecule has 4 heteroatoms. The van der Waals surface area contributed by atoms with E-state index >= 15 is 0 Å². The first-order valence-electron chi connectivity index (χ1n) is 6.26. The van der Waals surface area contributed by atoms with Crippen molar-refractivity contribution in [1.29, 1.82) is 0 Å². The largest absolute Gasteiger partial charge is 0.288 e. The third-order valence-electron chi connectivity index (χ3n) is 3.66. The monoisotopic (exact) mass is 280 g/mol. The Kier molecular flexibility index (Phi) is 2.24. The minimum absolute atomic E-state index is 0.0944. The lowest BCUT2D eigenvalue weighted by atomic mass is 10.0.